The molecule has 0 saturated heterocycles. The van der Waals surface area contributed by atoms with E-state index in [1.807, 2.05) is 6.92 Å². The summed E-state index contributed by atoms with van der Waals surface area (Å²) in [6, 6.07) is 0.224. The Morgan fingerprint density at radius 3 is 2.67 bits per heavy atom. The van der Waals surface area contributed by atoms with Gasteiger partial charge >= 0.3 is 0 Å². The summed E-state index contributed by atoms with van der Waals surface area (Å²) in [7, 11) is 0. The van der Waals surface area contributed by atoms with E-state index >= 15 is 0 Å². The monoisotopic (exact) mass is 127 g/mol. The second-order valence-corrected chi connectivity index (χ2v) is 2.43. The summed E-state index contributed by atoms with van der Waals surface area (Å²) >= 11 is 0. The van der Waals surface area contributed by atoms with Gasteiger partial charge in [0.25, 0.3) is 0 Å². The molecular formula is C8H17N. The van der Waals surface area contributed by atoms with Gasteiger partial charge in [0.1, 0.15) is 0 Å². The molecular weight excluding hydrogens is 110 g/mol. The van der Waals surface area contributed by atoms with E-state index in [1.54, 1.807) is 0 Å². The van der Waals surface area contributed by atoms with Gasteiger partial charge in [-0.15, -0.1) is 0 Å². The van der Waals surface area contributed by atoms with Crippen LogP contribution in [0.2, 0.25) is 0 Å². The molecule has 0 aliphatic rings. The van der Waals surface area contributed by atoms with E-state index in [1.165, 1.54) is 19.3 Å². The predicted octanol–water partition coefficient (Wildman–Crippen LogP) is 2.08. The van der Waals surface area contributed by atoms with Gasteiger partial charge in [0.2, 0.25) is 0 Å². The molecule has 54 valence electrons. The first-order chi connectivity index (χ1) is 4.27. The van der Waals surface area contributed by atoms with Gasteiger partial charge in [0.05, 0.1) is 0 Å². The fourth-order valence-corrected chi connectivity index (χ4v) is 0.633. The normalized spacial score (nSPS) is 14.6. The zero-order valence-electron chi connectivity index (χ0n) is 6.43. The van der Waals surface area contributed by atoms with Crippen LogP contribution in [-0.2, 0) is 0 Å². The van der Waals surface area contributed by atoms with Crippen LogP contribution in [0.25, 0.3) is 0 Å². The minimum atomic E-state index is 0.224. The average Bonchev–Trinajstić information content (AvgIpc) is 1.80. The van der Waals surface area contributed by atoms with E-state index in [0.29, 0.717) is 0 Å². The van der Waals surface area contributed by atoms with Crippen LogP contribution in [0.15, 0.2) is 12.2 Å². The molecule has 1 unspecified atom stereocenters. The van der Waals surface area contributed by atoms with Crippen molar-refractivity contribution in [2.45, 2.75) is 39.2 Å². The second-order valence-electron chi connectivity index (χ2n) is 2.43. The highest BCUT2D eigenvalue weighted by atomic mass is 14.6. The minimum Gasteiger partial charge on any atom is -0.325 e. The molecule has 0 fully saturated rings. The zero-order valence-corrected chi connectivity index (χ0v) is 6.43. The van der Waals surface area contributed by atoms with E-state index in [9.17, 15) is 0 Å². The summed E-state index contributed by atoms with van der Waals surface area (Å²) in [6.45, 7) is 4.18. The third kappa shape index (κ3) is 7.70. The summed E-state index contributed by atoms with van der Waals surface area (Å²) in [5.74, 6) is 0. The maximum Gasteiger partial charge on any atom is 0.0194 e. The lowest BCUT2D eigenvalue weighted by Gasteiger charge is -1.93. The van der Waals surface area contributed by atoms with E-state index in [4.69, 9.17) is 5.73 Å². The summed E-state index contributed by atoms with van der Waals surface area (Å²) in [6.07, 6.45) is 7.94. The quantitative estimate of drug-likeness (QED) is 0.454. The molecule has 0 rings (SSSR count). The summed E-state index contributed by atoms with van der Waals surface area (Å²) in [5.41, 5.74) is 5.49. The Bertz CT molecular complexity index is 74.6. The minimum absolute atomic E-state index is 0.224. The molecule has 0 aliphatic heterocycles. The van der Waals surface area contributed by atoms with Crippen LogP contribution in [0.5, 0.6) is 0 Å². The maximum atomic E-state index is 5.49. The van der Waals surface area contributed by atoms with Gasteiger partial charge in [-0.2, -0.15) is 0 Å². The molecule has 0 aliphatic carbocycles. The van der Waals surface area contributed by atoms with Crippen LogP contribution in [0.4, 0.5) is 0 Å². The number of hydrogen-bond donors (Lipinski definition) is 1. The van der Waals surface area contributed by atoms with Gasteiger partial charge in [-0.1, -0.05) is 31.9 Å². The zero-order chi connectivity index (χ0) is 7.11. The maximum absolute atomic E-state index is 5.49. The Balaban J connectivity index is 3.04. The van der Waals surface area contributed by atoms with Crippen molar-refractivity contribution in [1.29, 1.82) is 0 Å². The van der Waals surface area contributed by atoms with Crippen molar-refractivity contribution in [1.82, 2.24) is 0 Å². The Labute approximate surface area is 57.9 Å². The third-order valence-electron chi connectivity index (χ3n) is 1.16. The molecule has 1 heteroatoms. The van der Waals surface area contributed by atoms with Crippen molar-refractivity contribution in [2.24, 2.45) is 5.73 Å². The van der Waals surface area contributed by atoms with Crippen LogP contribution < -0.4 is 5.73 Å². The van der Waals surface area contributed by atoms with Crippen LogP contribution in [0.1, 0.15) is 33.1 Å². The second kappa shape index (κ2) is 5.83. The lowest BCUT2D eigenvalue weighted by atomic mass is 10.2. The first-order valence-electron chi connectivity index (χ1n) is 3.69. The van der Waals surface area contributed by atoms with Crippen molar-refractivity contribution >= 4 is 0 Å². The van der Waals surface area contributed by atoms with E-state index < -0.39 is 0 Å². The molecule has 0 amide bonds. The summed E-state index contributed by atoms with van der Waals surface area (Å²) in [5, 5.41) is 0. The highest BCUT2D eigenvalue weighted by molar-refractivity contribution is 4.88. The lowest BCUT2D eigenvalue weighted by Crippen LogP contribution is -2.09. The van der Waals surface area contributed by atoms with Crippen LogP contribution in [0, 0.1) is 0 Å². The molecule has 2 N–H and O–H groups in total. The van der Waals surface area contributed by atoms with Gasteiger partial charge in [-0.3, -0.25) is 0 Å². The lowest BCUT2D eigenvalue weighted by molar-refractivity contribution is 0.807. The molecule has 1 nitrogen and oxygen atoms in total. The smallest absolute Gasteiger partial charge is 0.0194 e. The van der Waals surface area contributed by atoms with Crippen molar-refractivity contribution in [3.05, 3.63) is 12.2 Å². The average molecular weight is 127 g/mol. The van der Waals surface area contributed by atoms with Gasteiger partial charge < -0.3 is 5.73 Å². The molecule has 0 saturated carbocycles. The first-order valence-corrected chi connectivity index (χ1v) is 3.69. The van der Waals surface area contributed by atoms with Crippen molar-refractivity contribution in [3.8, 4) is 0 Å². The van der Waals surface area contributed by atoms with Crippen LogP contribution in [0.3, 0.4) is 0 Å². The van der Waals surface area contributed by atoms with Gasteiger partial charge in [0.15, 0.2) is 0 Å². The highest BCUT2D eigenvalue weighted by Gasteiger charge is 1.81. The van der Waals surface area contributed by atoms with Gasteiger partial charge in [0, 0.05) is 6.04 Å². The van der Waals surface area contributed by atoms with Gasteiger partial charge in [-0.05, 0) is 13.3 Å². The molecule has 0 aromatic carbocycles. The molecule has 0 bridgehead atoms. The third-order valence-corrected chi connectivity index (χ3v) is 1.16. The Morgan fingerprint density at radius 1 is 1.56 bits per heavy atom. The standard InChI is InChI=1S/C8H17N/c1-3-4-5-6-7-8(2)9/h6-8H,3-5,9H2,1-2H3. The Hall–Kier alpha value is -0.300. The molecule has 0 spiro atoms. The number of nitrogens with two attached hydrogens (primary N) is 1. The number of rotatable bonds is 4. The van der Waals surface area contributed by atoms with Crippen molar-refractivity contribution in [3.63, 3.8) is 0 Å². The number of allylic oxidation sites excluding steroid dienone is 1. The van der Waals surface area contributed by atoms with E-state index in [-0.39, 0.29) is 6.04 Å². The van der Waals surface area contributed by atoms with Crippen LogP contribution >= 0.6 is 0 Å². The summed E-state index contributed by atoms with van der Waals surface area (Å²) < 4.78 is 0. The highest BCUT2D eigenvalue weighted by Crippen LogP contribution is 1.94. The van der Waals surface area contributed by atoms with Gasteiger partial charge in [-0.25, -0.2) is 0 Å². The molecule has 9 heavy (non-hydrogen) atoms. The number of unbranched alkanes of at least 4 members (excludes halogenated alkanes) is 2. The molecule has 0 aromatic rings. The van der Waals surface area contributed by atoms with E-state index in [0.717, 1.165) is 0 Å². The molecule has 0 radical (unpaired) electrons. The fraction of sp³-hybridized carbons (Fsp3) is 0.750. The molecule has 1 atom stereocenters. The summed E-state index contributed by atoms with van der Waals surface area (Å²) in [4.78, 5) is 0. The van der Waals surface area contributed by atoms with Crippen molar-refractivity contribution in [2.75, 3.05) is 0 Å². The van der Waals surface area contributed by atoms with E-state index in [2.05, 4.69) is 19.1 Å². The Kier molecular flexibility index (Phi) is 5.64. The molecule has 0 heterocycles. The predicted molar refractivity (Wildman–Crippen MR) is 42.3 cm³/mol. The SMILES string of the molecule is CCCCC=CC(C)N. The van der Waals surface area contributed by atoms with Crippen molar-refractivity contribution < 1.29 is 0 Å². The number of hydrogen-bond acceptors (Lipinski definition) is 1. The first kappa shape index (κ1) is 8.70. The Morgan fingerprint density at radius 2 is 2.22 bits per heavy atom. The van der Waals surface area contributed by atoms with Crippen LogP contribution in [-0.4, -0.2) is 6.04 Å². The molecule has 0 aromatic heterocycles. The fourth-order valence-electron chi connectivity index (χ4n) is 0.633. The largest absolute Gasteiger partial charge is 0.325 e. The topological polar surface area (TPSA) is 26.0 Å².